The quantitative estimate of drug-likeness (QED) is 0.628. The molecule has 0 saturated heterocycles. The summed E-state index contributed by atoms with van der Waals surface area (Å²) in [6.45, 7) is 6.28. The summed E-state index contributed by atoms with van der Waals surface area (Å²) in [5, 5.41) is 3.91. The van der Waals surface area contributed by atoms with Crippen LogP contribution in [0, 0.1) is 0 Å². The summed E-state index contributed by atoms with van der Waals surface area (Å²) in [5.74, 6) is 1.45. The van der Waals surface area contributed by atoms with E-state index in [1.54, 1.807) is 0 Å². The van der Waals surface area contributed by atoms with Crippen molar-refractivity contribution in [3.63, 3.8) is 0 Å². The van der Waals surface area contributed by atoms with Gasteiger partial charge in [0, 0.05) is 12.5 Å². The number of aromatic nitrogens is 1. The standard InChI is InChI=1S/C8H13NO/c1-4-7-5-8(6(2)3)9-10-7/h5-6H,4H2,1-3H3. The summed E-state index contributed by atoms with van der Waals surface area (Å²) in [7, 11) is 0. The first-order valence-corrected chi connectivity index (χ1v) is 3.69. The summed E-state index contributed by atoms with van der Waals surface area (Å²) in [6, 6.07) is 2.02. The Morgan fingerprint density at radius 2 is 2.30 bits per heavy atom. The van der Waals surface area contributed by atoms with Gasteiger partial charge in [-0.2, -0.15) is 0 Å². The van der Waals surface area contributed by atoms with Gasteiger partial charge in [0.15, 0.2) is 0 Å². The van der Waals surface area contributed by atoms with E-state index in [9.17, 15) is 0 Å². The van der Waals surface area contributed by atoms with E-state index < -0.39 is 0 Å². The minimum Gasteiger partial charge on any atom is -0.361 e. The average molecular weight is 139 g/mol. The maximum Gasteiger partial charge on any atom is 0.136 e. The lowest BCUT2D eigenvalue weighted by Gasteiger charge is -1.92. The first-order valence-electron chi connectivity index (χ1n) is 3.69. The molecule has 0 aromatic carbocycles. The fraction of sp³-hybridized carbons (Fsp3) is 0.625. The Kier molecular flexibility index (Phi) is 2.10. The molecule has 1 rings (SSSR count). The molecule has 0 unspecified atom stereocenters. The van der Waals surface area contributed by atoms with Crippen molar-refractivity contribution in [2.45, 2.75) is 33.1 Å². The van der Waals surface area contributed by atoms with E-state index in [4.69, 9.17) is 4.52 Å². The van der Waals surface area contributed by atoms with Crippen LogP contribution in [-0.2, 0) is 6.42 Å². The van der Waals surface area contributed by atoms with Gasteiger partial charge in [0.1, 0.15) is 5.76 Å². The van der Waals surface area contributed by atoms with Crippen molar-refractivity contribution in [1.29, 1.82) is 0 Å². The summed E-state index contributed by atoms with van der Waals surface area (Å²) in [4.78, 5) is 0. The maximum absolute atomic E-state index is 5.03. The zero-order valence-corrected chi connectivity index (χ0v) is 6.72. The molecule has 1 aromatic heterocycles. The van der Waals surface area contributed by atoms with Gasteiger partial charge in [-0.1, -0.05) is 25.9 Å². The first kappa shape index (κ1) is 7.32. The van der Waals surface area contributed by atoms with Crippen LogP contribution in [0.15, 0.2) is 10.6 Å². The van der Waals surface area contributed by atoms with Crippen LogP contribution in [0.25, 0.3) is 0 Å². The van der Waals surface area contributed by atoms with E-state index in [-0.39, 0.29) is 0 Å². The van der Waals surface area contributed by atoms with Crippen LogP contribution in [0.1, 0.15) is 38.1 Å². The van der Waals surface area contributed by atoms with Gasteiger partial charge < -0.3 is 4.52 Å². The molecule has 0 bridgehead atoms. The number of nitrogens with zero attached hydrogens (tertiary/aromatic N) is 1. The molecule has 0 spiro atoms. The molecule has 56 valence electrons. The highest BCUT2D eigenvalue weighted by Crippen LogP contribution is 2.13. The van der Waals surface area contributed by atoms with Gasteiger partial charge in [0.2, 0.25) is 0 Å². The third kappa shape index (κ3) is 1.38. The molecular formula is C8H13NO. The minimum absolute atomic E-state index is 0.476. The van der Waals surface area contributed by atoms with Crippen molar-refractivity contribution >= 4 is 0 Å². The van der Waals surface area contributed by atoms with Crippen molar-refractivity contribution in [3.8, 4) is 0 Å². The molecule has 0 aliphatic heterocycles. The molecular weight excluding hydrogens is 126 g/mol. The molecule has 0 aliphatic rings. The monoisotopic (exact) mass is 139 g/mol. The second-order valence-electron chi connectivity index (χ2n) is 2.73. The lowest BCUT2D eigenvalue weighted by atomic mass is 10.1. The summed E-state index contributed by atoms with van der Waals surface area (Å²) in [6.07, 6.45) is 0.930. The third-order valence-electron chi connectivity index (χ3n) is 1.52. The Morgan fingerprint density at radius 3 is 2.60 bits per heavy atom. The summed E-state index contributed by atoms with van der Waals surface area (Å²) < 4.78 is 5.03. The van der Waals surface area contributed by atoms with Crippen LogP contribution in [0.3, 0.4) is 0 Å². The SMILES string of the molecule is CCc1cc(C(C)C)no1. The first-order chi connectivity index (χ1) is 4.74. The fourth-order valence-corrected chi connectivity index (χ4v) is 0.768. The fourth-order valence-electron chi connectivity index (χ4n) is 0.768. The van der Waals surface area contributed by atoms with Gasteiger partial charge in [-0.15, -0.1) is 0 Å². The maximum atomic E-state index is 5.03. The Bertz CT molecular complexity index is 203. The van der Waals surface area contributed by atoms with Crippen LogP contribution in [0.4, 0.5) is 0 Å². The Hall–Kier alpha value is -0.790. The smallest absolute Gasteiger partial charge is 0.136 e. The lowest BCUT2D eigenvalue weighted by Crippen LogP contribution is -1.84. The van der Waals surface area contributed by atoms with Crippen molar-refractivity contribution in [2.75, 3.05) is 0 Å². The van der Waals surface area contributed by atoms with E-state index in [1.807, 2.05) is 6.07 Å². The second-order valence-corrected chi connectivity index (χ2v) is 2.73. The Morgan fingerprint density at radius 1 is 1.60 bits per heavy atom. The number of aryl methyl sites for hydroxylation is 1. The molecule has 0 fully saturated rings. The topological polar surface area (TPSA) is 26.0 Å². The van der Waals surface area contributed by atoms with E-state index >= 15 is 0 Å². The molecule has 0 N–H and O–H groups in total. The van der Waals surface area contributed by atoms with Crippen LogP contribution >= 0.6 is 0 Å². The predicted octanol–water partition coefficient (Wildman–Crippen LogP) is 2.36. The number of rotatable bonds is 2. The predicted molar refractivity (Wildman–Crippen MR) is 40.0 cm³/mol. The van der Waals surface area contributed by atoms with Gasteiger partial charge in [-0.05, 0) is 5.92 Å². The van der Waals surface area contributed by atoms with Crippen molar-refractivity contribution in [3.05, 3.63) is 17.5 Å². The van der Waals surface area contributed by atoms with Crippen LogP contribution < -0.4 is 0 Å². The summed E-state index contributed by atoms with van der Waals surface area (Å²) in [5.41, 5.74) is 1.05. The highest BCUT2D eigenvalue weighted by molar-refractivity contribution is 5.08. The molecule has 2 nitrogen and oxygen atoms in total. The lowest BCUT2D eigenvalue weighted by molar-refractivity contribution is 0.378. The minimum atomic E-state index is 0.476. The zero-order valence-electron chi connectivity index (χ0n) is 6.72. The van der Waals surface area contributed by atoms with E-state index in [2.05, 4.69) is 25.9 Å². The van der Waals surface area contributed by atoms with Gasteiger partial charge in [-0.3, -0.25) is 0 Å². The number of hydrogen-bond donors (Lipinski definition) is 0. The van der Waals surface area contributed by atoms with Crippen LogP contribution in [0.5, 0.6) is 0 Å². The van der Waals surface area contributed by atoms with Gasteiger partial charge in [-0.25, -0.2) is 0 Å². The Balaban J connectivity index is 2.78. The molecule has 0 atom stereocenters. The molecule has 1 heterocycles. The molecule has 0 aliphatic carbocycles. The molecule has 0 radical (unpaired) electrons. The van der Waals surface area contributed by atoms with Crippen LogP contribution in [-0.4, -0.2) is 5.16 Å². The molecule has 0 amide bonds. The normalized spacial score (nSPS) is 10.8. The largest absolute Gasteiger partial charge is 0.361 e. The number of hydrogen-bond acceptors (Lipinski definition) is 2. The van der Waals surface area contributed by atoms with Crippen LogP contribution in [0.2, 0.25) is 0 Å². The third-order valence-corrected chi connectivity index (χ3v) is 1.52. The molecule has 2 heteroatoms. The van der Waals surface area contributed by atoms with Crippen molar-refractivity contribution in [1.82, 2.24) is 5.16 Å². The highest BCUT2D eigenvalue weighted by Gasteiger charge is 2.04. The second kappa shape index (κ2) is 2.86. The average Bonchev–Trinajstić information content (AvgIpc) is 2.34. The molecule has 0 saturated carbocycles. The van der Waals surface area contributed by atoms with Crippen molar-refractivity contribution in [2.24, 2.45) is 0 Å². The van der Waals surface area contributed by atoms with Gasteiger partial charge in [0.05, 0.1) is 5.69 Å². The van der Waals surface area contributed by atoms with Gasteiger partial charge in [0.25, 0.3) is 0 Å². The van der Waals surface area contributed by atoms with E-state index in [1.165, 1.54) is 0 Å². The van der Waals surface area contributed by atoms with Gasteiger partial charge >= 0.3 is 0 Å². The Labute approximate surface area is 61.2 Å². The summed E-state index contributed by atoms with van der Waals surface area (Å²) >= 11 is 0. The van der Waals surface area contributed by atoms with Crippen molar-refractivity contribution < 1.29 is 4.52 Å². The molecule has 10 heavy (non-hydrogen) atoms. The van der Waals surface area contributed by atoms with E-state index in [0.29, 0.717) is 5.92 Å². The molecule has 1 aromatic rings. The highest BCUT2D eigenvalue weighted by atomic mass is 16.5. The zero-order chi connectivity index (χ0) is 7.56. The van der Waals surface area contributed by atoms with E-state index in [0.717, 1.165) is 17.9 Å².